The zero-order valence-corrected chi connectivity index (χ0v) is 14.4. The van der Waals surface area contributed by atoms with Crippen LogP contribution in [0.2, 0.25) is 0 Å². The third-order valence-corrected chi connectivity index (χ3v) is 4.37. The van der Waals surface area contributed by atoms with E-state index < -0.39 is 10.9 Å². The number of non-ortho nitro benzene ring substituents is 1. The van der Waals surface area contributed by atoms with Crippen LogP contribution < -0.4 is 4.74 Å². The van der Waals surface area contributed by atoms with E-state index in [4.69, 9.17) is 18.6 Å². The van der Waals surface area contributed by atoms with Crippen molar-refractivity contribution in [1.29, 1.82) is 0 Å². The molecule has 8 nitrogen and oxygen atoms in total. The van der Waals surface area contributed by atoms with Crippen LogP contribution in [0.25, 0.3) is 11.0 Å². The molecule has 0 aliphatic carbocycles. The van der Waals surface area contributed by atoms with Gasteiger partial charge in [0.05, 0.1) is 11.5 Å². The van der Waals surface area contributed by atoms with Crippen LogP contribution in [0.15, 0.2) is 40.8 Å². The number of hydrogen-bond acceptors (Lipinski definition) is 7. The zero-order chi connectivity index (χ0) is 19.0. The van der Waals surface area contributed by atoms with E-state index in [9.17, 15) is 14.9 Å². The Morgan fingerprint density at radius 1 is 1.30 bits per heavy atom. The number of esters is 1. The summed E-state index contributed by atoms with van der Waals surface area (Å²) in [4.78, 5) is 23.1. The number of rotatable bonds is 4. The maximum atomic E-state index is 12.5. The highest BCUT2D eigenvalue weighted by atomic mass is 16.7. The second-order valence-electron chi connectivity index (χ2n) is 6.09. The molecule has 1 aliphatic heterocycles. The van der Waals surface area contributed by atoms with E-state index in [0.717, 1.165) is 5.39 Å². The summed E-state index contributed by atoms with van der Waals surface area (Å²) in [6.45, 7) is 1.83. The molecule has 0 saturated heterocycles. The van der Waals surface area contributed by atoms with Crippen molar-refractivity contribution in [3.05, 3.63) is 69.0 Å². The summed E-state index contributed by atoms with van der Waals surface area (Å²) in [6.07, 6.45) is 0. The number of nitrogens with zero attached hydrogens (tertiary/aromatic N) is 1. The third kappa shape index (κ3) is 3.11. The highest BCUT2D eigenvalue weighted by Gasteiger charge is 2.23. The van der Waals surface area contributed by atoms with Crippen LogP contribution in [0.4, 0.5) is 5.69 Å². The van der Waals surface area contributed by atoms with Crippen molar-refractivity contribution in [2.45, 2.75) is 20.1 Å². The fraction of sp³-hybridized carbons (Fsp3) is 0.211. The van der Waals surface area contributed by atoms with Gasteiger partial charge in [-0.05, 0) is 13.0 Å². The fourth-order valence-electron chi connectivity index (χ4n) is 3.07. The number of fused-ring (bicyclic) bond motifs is 2. The summed E-state index contributed by atoms with van der Waals surface area (Å²) in [5.41, 5.74) is 2.11. The van der Waals surface area contributed by atoms with Crippen LogP contribution >= 0.6 is 0 Å². The van der Waals surface area contributed by atoms with Crippen LogP contribution in [0, 0.1) is 17.0 Å². The molecule has 0 unspecified atom stereocenters. The van der Waals surface area contributed by atoms with Crippen LogP contribution in [0.5, 0.6) is 5.75 Å². The average Bonchev–Trinajstić information content (AvgIpc) is 3.02. The molecule has 0 radical (unpaired) electrons. The maximum Gasteiger partial charge on any atom is 0.374 e. The molecule has 0 spiro atoms. The van der Waals surface area contributed by atoms with Crippen molar-refractivity contribution in [3.8, 4) is 5.75 Å². The molecule has 0 atom stereocenters. The van der Waals surface area contributed by atoms with Gasteiger partial charge in [0.15, 0.2) is 6.79 Å². The molecule has 2 heterocycles. The lowest BCUT2D eigenvalue weighted by atomic mass is 10.1. The lowest BCUT2D eigenvalue weighted by Crippen LogP contribution is -2.15. The normalized spacial score (nSPS) is 13.1. The molecule has 1 aromatic heterocycles. The minimum absolute atomic E-state index is 0.0361. The second-order valence-corrected chi connectivity index (χ2v) is 6.09. The third-order valence-electron chi connectivity index (χ3n) is 4.37. The summed E-state index contributed by atoms with van der Waals surface area (Å²) in [5.74, 6) is -0.0863. The van der Waals surface area contributed by atoms with Gasteiger partial charge in [0.1, 0.15) is 17.9 Å². The molecule has 3 aromatic rings. The Morgan fingerprint density at radius 2 is 2.11 bits per heavy atom. The van der Waals surface area contributed by atoms with Crippen LogP contribution in [0.1, 0.15) is 27.2 Å². The first kappa shape index (κ1) is 17.0. The summed E-state index contributed by atoms with van der Waals surface area (Å²) < 4.78 is 21.5. The van der Waals surface area contributed by atoms with Crippen LogP contribution in [-0.2, 0) is 22.7 Å². The Labute approximate surface area is 153 Å². The highest BCUT2D eigenvalue weighted by molar-refractivity contribution is 5.95. The molecule has 0 amide bonds. The number of nitro benzene ring substituents is 1. The Hall–Kier alpha value is -3.39. The van der Waals surface area contributed by atoms with Gasteiger partial charge in [-0.3, -0.25) is 10.1 Å². The van der Waals surface area contributed by atoms with E-state index in [2.05, 4.69) is 0 Å². The number of hydrogen-bond donors (Lipinski definition) is 0. The standard InChI is InChI=1S/C19H15NO7/c1-11-15-4-2-3-5-16(15)27-17(11)19(21)25-9-13-7-14(20(22)23)6-12-8-24-10-26-18(12)13/h2-7H,8-10H2,1H3. The first-order valence-electron chi connectivity index (χ1n) is 8.20. The number of carbonyl (C=O) groups excluding carboxylic acids is 1. The van der Waals surface area contributed by atoms with Crippen LogP contribution in [-0.4, -0.2) is 17.7 Å². The summed E-state index contributed by atoms with van der Waals surface area (Å²) in [5, 5.41) is 12.0. The van der Waals surface area contributed by atoms with Gasteiger partial charge in [0.25, 0.3) is 5.69 Å². The van der Waals surface area contributed by atoms with Gasteiger partial charge in [0.2, 0.25) is 5.76 Å². The van der Waals surface area contributed by atoms with E-state index in [1.807, 2.05) is 18.2 Å². The first-order valence-corrected chi connectivity index (χ1v) is 8.20. The zero-order valence-electron chi connectivity index (χ0n) is 14.4. The molecule has 1 aliphatic rings. The molecule has 8 heteroatoms. The van der Waals surface area contributed by atoms with Gasteiger partial charge < -0.3 is 18.6 Å². The van der Waals surface area contributed by atoms with E-state index in [1.54, 1.807) is 13.0 Å². The van der Waals surface area contributed by atoms with E-state index in [0.29, 0.717) is 28.0 Å². The molecule has 27 heavy (non-hydrogen) atoms. The number of nitro groups is 1. The molecule has 0 saturated carbocycles. The molecule has 4 rings (SSSR count). The van der Waals surface area contributed by atoms with Crippen molar-refractivity contribution in [2.75, 3.05) is 6.79 Å². The smallest absolute Gasteiger partial charge is 0.374 e. The summed E-state index contributed by atoms with van der Waals surface area (Å²) in [7, 11) is 0. The molecule has 0 fully saturated rings. The Balaban J connectivity index is 1.61. The van der Waals surface area contributed by atoms with E-state index >= 15 is 0 Å². The SMILES string of the molecule is Cc1c(C(=O)OCc2cc([N+](=O)[O-])cc3c2OCOC3)oc2ccccc12. The number of ether oxygens (including phenoxy) is 3. The van der Waals surface area contributed by atoms with Crippen molar-refractivity contribution >= 4 is 22.6 Å². The minimum Gasteiger partial charge on any atom is -0.467 e. The van der Waals surface area contributed by atoms with Gasteiger partial charge in [-0.2, -0.15) is 0 Å². The van der Waals surface area contributed by atoms with Gasteiger partial charge in [-0.1, -0.05) is 18.2 Å². The van der Waals surface area contributed by atoms with Crippen molar-refractivity contribution < 1.29 is 28.3 Å². The molecular weight excluding hydrogens is 354 g/mol. The number of carbonyl (C=O) groups is 1. The number of aryl methyl sites for hydroxylation is 1. The lowest BCUT2D eigenvalue weighted by molar-refractivity contribution is -0.385. The largest absolute Gasteiger partial charge is 0.467 e. The quantitative estimate of drug-likeness (QED) is 0.391. The minimum atomic E-state index is -0.643. The number of furan rings is 1. The van der Waals surface area contributed by atoms with Crippen molar-refractivity contribution in [1.82, 2.24) is 0 Å². The summed E-state index contributed by atoms with van der Waals surface area (Å²) in [6, 6.07) is 10.0. The monoisotopic (exact) mass is 369 g/mol. The van der Waals surface area contributed by atoms with E-state index in [1.165, 1.54) is 12.1 Å². The Bertz CT molecular complexity index is 1050. The van der Waals surface area contributed by atoms with Gasteiger partial charge in [0, 0.05) is 34.2 Å². The highest BCUT2D eigenvalue weighted by Crippen LogP contribution is 2.33. The topological polar surface area (TPSA) is 101 Å². The summed E-state index contributed by atoms with van der Waals surface area (Å²) >= 11 is 0. The van der Waals surface area contributed by atoms with Gasteiger partial charge in [-0.15, -0.1) is 0 Å². The van der Waals surface area contributed by atoms with E-state index in [-0.39, 0.29) is 31.5 Å². The molecule has 138 valence electrons. The van der Waals surface area contributed by atoms with Gasteiger partial charge >= 0.3 is 5.97 Å². The van der Waals surface area contributed by atoms with Crippen LogP contribution in [0.3, 0.4) is 0 Å². The predicted octanol–water partition coefficient (Wildman–Crippen LogP) is 3.87. The Kier molecular flexibility index (Phi) is 4.25. The fourth-order valence-corrected chi connectivity index (χ4v) is 3.07. The van der Waals surface area contributed by atoms with Gasteiger partial charge in [-0.25, -0.2) is 4.79 Å². The van der Waals surface area contributed by atoms with Crippen molar-refractivity contribution in [2.24, 2.45) is 0 Å². The molecule has 0 bridgehead atoms. The molecule has 2 aromatic carbocycles. The number of para-hydroxylation sites is 1. The first-order chi connectivity index (χ1) is 13.0. The van der Waals surface area contributed by atoms with Crippen molar-refractivity contribution in [3.63, 3.8) is 0 Å². The molecular formula is C19H15NO7. The lowest BCUT2D eigenvalue weighted by Gasteiger charge is -2.20. The average molecular weight is 369 g/mol. The Morgan fingerprint density at radius 3 is 2.89 bits per heavy atom. The molecule has 0 N–H and O–H groups in total. The predicted molar refractivity (Wildman–Crippen MR) is 93.5 cm³/mol. The number of benzene rings is 2. The maximum absolute atomic E-state index is 12.5. The second kappa shape index (κ2) is 6.73.